The molecule has 1 fully saturated rings. The molecule has 3 N–H and O–H groups in total. The third-order valence-corrected chi connectivity index (χ3v) is 4.49. The fraction of sp³-hybridized carbons (Fsp3) is 0.556. The lowest BCUT2D eigenvalue weighted by molar-refractivity contribution is -0.137. The van der Waals surface area contributed by atoms with Crippen molar-refractivity contribution in [3.8, 4) is 0 Å². The first-order valence-electron chi connectivity index (χ1n) is 8.47. The Balaban J connectivity index is 2.05. The highest BCUT2D eigenvalue weighted by Crippen LogP contribution is 2.23. The number of nitrogens with one attached hydrogen (secondary N) is 2. The van der Waals surface area contributed by atoms with Gasteiger partial charge in [-0.2, -0.15) is 0 Å². The molecule has 0 heterocycles. The zero-order chi connectivity index (χ0) is 16.8. The maximum atomic E-state index is 12.2. The Morgan fingerprint density at radius 2 is 1.70 bits per heavy atom. The highest BCUT2D eigenvalue weighted by Gasteiger charge is 2.27. The quantitative estimate of drug-likeness (QED) is 0.745. The van der Waals surface area contributed by atoms with Gasteiger partial charge in [0.2, 0.25) is 0 Å². The Morgan fingerprint density at radius 1 is 1.09 bits per heavy atom. The summed E-state index contributed by atoms with van der Waals surface area (Å²) in [4.78, 5) is 24.4. The van der Waals surface area contributed by atoms with Crippen molar-refractivity contribution in [1.82, 2.24) is 5.32 Å². The number of hydrogen-bond donors (Lipinski definition) is 3. The van der Waals surface area contributed by atoms with E-state index >= 15 is 0 Å². The second-order valence-electron chi connectivity index (χ2n) is 6.04. The number of hydrogen-bond acceptors (Lipinski definition) is 3. The Kier molecular flexibility index (Phi) is 6.16. The molecule has 2 amide bonds. The van der Waals surface area contributed by atoms with E-state index in [4.69, 9.17) is 0 Å². The van der Waals surface area contributed by atoms with E-state index in [1.807, 2.05) is 32.0 Å². The molecule has 1 aliphatic rings. The fourth-order valence-corrected chi connectivity index (χ4v) is 3.09. The number of anilines is 1. The smallest absolute Gasteiger partial charge is 0.313 e. The molecule has 1 aromatic carbocycles. The molecule has 2 atom stereocenters. The van der Waals surface area contributed by atoms with Gasteiger partial charge in [0, 0.05) is 5.69 Å². The van der Waals surface area contributed by atoms with E-state index in [1.165, 1.54) is 0 Å². The first kappa shape index (κ1) is 17.5. The van der Waals surface area contributed by atoms with Crippen LogP contribution in [0, 0.1) is 0 Å². The van der Waals surface area contributed by atoms with E-state index in [9.17, 15) is 14.7 Å². The number of aryl methyl sites for hydroxylation is 2. The van der Waals surface area contributed by atoms with Crippen molar-refractivity contribution in [2.45, 2.75) is 64.5 Å². The van der Waals surface area contributed by atoms with Crippen molar-refractivity contribution in [3.05, 3.63) is 29.3 Å². The average molecular weight is 318 g/mol. The van der Waals surface area contributed by atoms with Crippen LogP contribution in [-0.2, 0) is 22.4 Å². The Morgan fingerprint density at radius 3 is 2.26 bits per heavy atom. The van der Waals surface area contributed by atoms with Crippen LogP contribution in [0.2, 0.25) is 0 Å². The third kappa shape index (κ3) is 4.32. The lowest BCUT2D eigenvalue weighted by Gasteiger charge is -2.28. The summed E-state index contributed by atoms with van der Waals surface area (Å²) >= 11 is 0. The molecule has 1 aliphatic carbocycles. The van der Waals surface area contributed by atoms with E-state index in [-0.39, 0.29) is 6.04 Å². The summed E-state index contributed by atoms with van der Waals surface area (Å²) in [5.74, 6) is -1.35. The number of amides is 2. The molecule has 0 aromatic heterocycles. The average Bonchev–Trinajstić information content (AvgIpc) is 2.56. The van der Waals surface area contributed by atoms with Gasteiger partial charge in [-0.1, -0.05) is 44.9 Å². The van der Waals surface area contributed by atoms with Crippen LogP contribution in [0.4, 0.5) is 5.69 Å². The summed E-state index contributed by atoms with van der Waals surface area (Å²) in [5.41, 5.74) is 2.77. The van der Waals surface area contributed by atoms with Gasteiger partial charge in [-0.25, -0.2) is 0 Å². The largest absolute Gasteiger partial charge is 0.391 e. The van der Waals surface area contributed by atoms with Crippen LogP contribution in [0.15, 0.2) is 18.2 Å². The van der Waals surface area contributed by atoms with Gasteiger partial charge in [0.25, 0.3) is 0 Å². The lowest BCUT2D eigenvalue weighted by atomic mass is 9.92. The van der Waals surface area contributed by atoms with Crippen LogP contribution in [0.25, 0.3) is 0 Å². The summed E-state index contributed by atoms with van der Waals surface area (Å²) in [6.07, 6.45) is 4.32. The summed E-state index contributed by atoms with van der Waals surface area (Å²) in [6, 6.07) is 5.55. The predicted molar refractivity (Wildman–Crippen MR) is 90.2 cm³/mol. The van der Waals surface area contributed by atoms with Crippen molar-refractivity contribution in [3.63, 3.8) is 0 Å². The molecule has 0 spiro atoms. The molecule has 0 aliphatic heterocycles. The van der Waals surface area contributed by atoms with Crippen LogP contribution >= 0.6 is 0 Å². The highest BCUT2D eigenvalue weighted by molar-refractivity contribution is 6.39. The van der Waals surface area contributed by atoms with Gasteiger partial charge in [-0.3, -0.25) is 9.59 Å². The second-order valence-corrected chi connectivity index (χ2v) is 6.04. The molecule has 5 nitrogen and oxygen atoms in total. The number of carbonyl (C=O) groups is 2. The van der Waals surface area contributed by atoms with Gasteiger partial charge in [0.05, 0.1) is 12.1 Å². The van der Waals surface area contributed by atoms with Gasteiger partial charge in [0.15, 0.2) is 0 Å². The molecule has 1 saturated carbocycles. The van der Waals surface area contributed by atoms with E-state index in [0.717, 1.165) is 42.5 Å². The molecule has 5 heteroatoms. The minimum atomic E-state index is -0.677. The minimum absolute atomic E-state index is 0.325. The first-order valence-corrected chi connectivity index (χ1v) is 8.47. The summed E-state index contributed by atoms with van der Waals surface area (Å²) in [6.45, 7) is 4.03. The van der Waals surface area contributed by atoms with Gasteiger partial charge in [-0.15, -0.1) is 0 Å². The van der Waals surface area contributed by atoms with Crippen LogP contribution in [0.5, 0.6) is 0 Å². The van der Waals surface area contributed by atoms with E-state index in [0.29, 0.717) is 12.8 Å². The SMILES string of the molecule is CCc1cccc(CC)c1NC(=O)C(=O)NC1CCCCC1O. The van der Waals surface area contributed by atoms with Gasteiger partial charge in [0.1, 0.15) is 0 Å². The first-order chi connectivity index (χ1) is 11.1. The Labute approximate surface area is 137 Å². The topological polar surface area (TPSA) is 78.4 Å². The lowest BCUT2D eigenvalue weighted by Crippen LogP contribution is -2.48. The maximum absolute atomic E-state index is 12.2. The van der Waals surface area contributed by atoms with Crippen molar-refractivity contribution < 1.29 is 14.7 Å². The fourth-order valence-electron chi connectivity index (χ4n) is 3.09. The second kappa shape index (κ2) is 8.11. The molecule has 1 aromatic rings. The van der Waals surface area contributed by atoms with Gasteiger partial charge in [-0.05, 0) is 36.8 Å². The van der Waals surface area contributed by atoms with Crippen LogP contribution in [0.1, 0.15) is 50.7 Å². The third-order valence-electron chi connectivity index (χ3n) is 4.49. The van der Waals surface area contributed by atoms with Crippen molar-refractivity contribution in [2.24, 2.45) is 0 Å². The van der Waals surface area contributed by atoms with Crippen molar-refractivity contribution >= 4 is 17.5 Å². The number of para-hydroxylation sites is 1. The number of aliphatic hydroxyl groups excluding tert-OH is 1. The molecule has 0 radical (unpaired) electrons. The molecular weight excluding hydrogens is 292 g/mol. The number of rotatable bonds is 4. The van der Waals surface area contributed by atoms with Crippen LogP contribution < -0.4 is 10.6 Å². The number of benzene rings is 1. The van der Waals surface area contributed by atoms with E-state index < -0.39 is 17.9 Å². The van der Waals surface area contributed by atoms with Crippen molar-refractivity contribution in [2.75, 3.05) is 5.32 Å². The monoisotopic (exact) mass is 318 g/mol. The Bertz CT molecular complexity index is 549. The van der Waals surface area contributed by atoms with Crippen molar-refractivity contribution in [1.29, 1.82) is 0 Å². The zero-order valence-electron chi connectivity index (χ0n) is 13.9. The van der Waals surface area contributed by atoms with Crippen LogP contribution in [-0.4, -0.2) is 29.1 Å². The summed E-state index contributed by atoms with van der Waals surface area (Å²) in [7, 11) is 0. The summed E-state index contributed by atoms with van der Waals surface area (Å²) < 4.78 is 0. The Hall–Kier alpha value is -1.88. The molecule has 2 rings (SSSR count). The molecule has 23 heavy (non-hydrogen) atoms. The highest BCUT2D eigenvalue weighted by atomic mass is 16.3. The standard InChI is InChI=1S/C18H26N2O3/c1-3-12-8-7-9-13(4-2)16(12)20-18(23)17(22)19-14-10-5-6-11-15(14)21/h7-9,14-15,21H,3-6,10-11H2,1-2H3,(H,19,22)(H,20,23). The molecular formula is C18H26N2O3. The number of aliphatic hydroxyl groups is 1. The van der Waals surface area contributed by atoms with E-state index in [1.54, 1.807) is 0 Å². The number of carbonyl (C=O) groups excluding carboxylic acids is 2. The van der Waals surface area contributed by atoms with Crippen LogP contribution in [0.3, 0.4) is 0 Å². The molecule has 126 valence electrons. The predicted octanol–water partition coefficient (Wildman–Crippen LogP) is 2.17. The molecule has 2 unspecified atom stereocenters. The maximum Gasteiger partial charge on any atom is 0.313 e. The van der Waals surface area contributed by atoms with Gasteiger partial charge >= 0.3 is 11.8 Å². The summed E-state index contributed by atoms with van der Waals surface area (Å²) in [5, 5.41) is 15.3. The molecule has 0 saturated heterocycles. The van der Waals surface area contributed by atoms with Gasteiger partial charge < -0.3 is 15.7 Å². The molecule has 0 bridgehead atoms. The van der Waals surface area contributed by atoms with E-state index in [2.05, 4.69) is 10.6 Å². The minimum Gasteiger partial charge on any atom is -0.391 e. The zero-order valence-corrected chi connectivity index (χ0v) is 13.9. The normalized spacial score (nSPS) is 20.8.